The second-order valence-electron chi connectivity index (χ2n) is 6.12. The zero-order valence-electron chi connectivity index (χ0n) is 14.9. The molecule has 3 rings (SSSR count). The van der Waals surface area contributed by atoms with Crippen molar-refractivity contribution < 1.29 is 9.59 Å². The molecule has 0 spiro atoms. The molecule has 4 nitrogen and oxygen atoms in total. The van der Waals surface area contributed by atoms with Crippen molar-refractivity contribution in [2.24, 2.45) is 0 Å². The molecule has 28 heavy (non-hydrogen) atoms. The minimum absolute atomic E-state index is 0.243. The first-order valence-corrected chi connectivity index (χ1v) is 9.89. The molecule has 2 amide bonds. The first kappa shape index (κ1) is 20.1. The lowest BCUT2D eigenvalue weighted by Gasteiger charge is -2.12. The normalized spacial score (nSPS) is 10.4. The van der Waals surface area contributed by atoms with Crippen LogP contribution in [0.4, 0.5) is 5.69 Å². The fourth-order valence-electron chi connectivity index (χ4n) is 2.71. The van der Waals surface area contributed by atoms with Crippen molar-refractivity contribution in [1.29, 1.82) is 0 Å². The zero-order chi connectivity index (χ0) is 19.9. The van der Waals surface area contributed by atoms with E-state index in [1.807, 2.05) is 30.3 Å². The first-order valence-electron chi connectivity index (χ1n) is 8.72. The van der Waals surface area contributed by atoms with Crippen LogP contribution in [0, 0.1) is 0 Å². The fourth-order valence-corrected chi connectivity index (χ4v) is 3.28. The molecule has 0 unspecified atom stereocenters. The highest BCUT2D eigenvalue weighted by Crippen LogP contribution is 2.23. The first-order chi connectivity index (χ1) is 13.5. The van der Waals surface area contributed by atoms with Crippen LogP contribution in [-0.2, 0) is 6.42 Å². The summed E-state index contributed by atoms with van der Waals surface area (Å²) in [7, 11) is 0. The Morgan fingerprint density at radius 2 is 1.57 bits per heavy atom. The molecule has 0 radical (unpaired) electrons. The predicted molar refractivity (Wildman–Crippen MR) is 116 cm³/mol. The Morgan fingerprint density at radius 3 is 2.36 bits per heavy atom. The average Bonchev–Trinajstić information content (AvgIpc) is 2.71. The van der Waals surface area contributed by atoms with Gasteiger partial charge in [-0.2, -0.15) is 0 Å². The second-order valence-corrected chi connectivity index (χ2v) is 7.44. The van der Waals surface area contributed by atoms with E-state index < -0.39 is 0 Å². The van der Waals surface area contributed by atoms with Gasteiger partial charge in [0.25, 0.3) is 11.8 Å². The molecule has 0 aliphatic carbocycles. The summed E-state index contributed by atoms with van der Waals surface area (Å²) in [5, 5.41) is 6.01. The number of carbonyl (C=O) groups is 2. The third kappa shape index (κ3) is 5.21. The van der Waals surface area contributed by atoms with Gasteiger partial charge in [-0.3, -0.25) is 9.59 Å². The quantitative estimate of drug-likeness (QED) is 0.526. The van der Waals surface area contributed by atoms with Gasteiger partial charge < -0.3 is 10.6 Å². The largest absolute Gasteiger partial charge is 0.352 e. The van der Waals surface area contributed by atoms with E-state index in [2.05, 4.69) is 26.6 Å². The van der Waals surface area contributed by atoms with Gasteiger partial charge in [-0.05, 0) is 42.3 Å². The van der Waals surface area contributed by atoms with Crippen LogP contribution in [0.1, 0.15) is 26.3 Å². The van der Waals surface area contributed by atoms with Gasteiger partial charge in [0.05, 0.1) is 21.8 Å². The number of para-hydroxylation sites is 1. The van der Waals surface area contributed by atoms with E-state index in [1.54, 1.807) is 42.5 Å². The van der Waals surface area contributed by atoms with Crippen LogP contribution < -0.4 is 10.6 Å². The van der Waals surface area contributed by atoms with Crippen LogP contribution in [0.2, 0.25) is 5.02 Å². The van der Waals surface area contributed by atoms with Gasteiger partial charge >= 0.3 is 0 Å². The molecule has 0 bridgehead atoms. The molecule has 0 atom stereocenters. The maximum atomic E-state index is 12.6. The van der Waals surface area contributed by atoms with Gasteiger partial charge in [0.1, 0.15) is 0 Å². The van der Waals surface area contributed by atoms with Crippen LogP contribution in [0.25, 0.3) is 0 Å². The molecule has 0 aliphatic rings. The number of hydrogen-bond donors (Lipinski definition) is 2. The second kappa shape index (κ2) is 9.53. The number of amides is 2. The van der Waals surface area contributed by atoms with Crippen molar-refractivity contribution in [2.45, 2.75) is 6.42 Å². The number of carbonyl (C=O) groups excluding carboxylic acids is 2. The third-order valence-corrected chi connectivity index (χ3v) is 4.96. The molecule has 0 fully saturated rings. The number of anilines is 1. The van der Waals surface area contributed by atoms with Crippen molar-refractivity contribution in [2.75, 3.05) is 11.9 Å². The van der Waals surface area contributed by atoms with Gasteiger partial charge in [0, 0.05) is 11.0 Å². The molecule has 0 saturated carbocycles. The van der Waals surface area contributed by atoms with E-state index in [0.29, 0.717) is 28.4 Å². The summed E-state index contributed by atoms with van der Waals surface area (Å²) in [4.78, 5) is 25.2. The SMILES string of the molecule is O=C(Nc1ccccc1C(=O)NCCc1ccccc1)c1cc(Br)ccc1Cl. The van der Waals surface area contributed by atoms with Crippen LogP contribution >= 0.6 is 27.5 Å². The molecule has 0 aliphatic heterocycles. The summed E-state index contributed by atoms with van der Waals surface area (Å²) in [5.74, 6) is -0.622. The van der Waals surface area contributed by atoms with E-state index in [-0.39, 0.29) is 11.8 Å². The van der Waals surface area contributed by atoms with Crippen LogP contribution in [0.3, 0.4) is 0 Å². The molecule has 3 aromatic carbocycles. The van der Waals surface area contributed by atoms with Crippen molar-refractivity contribution >= 4 is 45.0 Å². The monoisotopic (exact) mass is 456 g/mol. The summed E-state index contributed by atoms with van der Waals surface area (Å²) < 4.78 is 0.744. The Bertz CT molecular complexity index is 993. The minimum atomic E-state index is -0.379. The van der Waals surface area contributed by atoms with Crippen LogP contribution in [0.15, 0.2) is 77.3 Å². The van der Waals surface area contributed by atoms with E-state index in [1.165, 1.54) is 0 Å². The number of hydrogen-bond acceptors (Lipinski definition) is 2. The van der Waals surface area contributed by atoms with Crippen molar-refractivity contribution in [3.05, 3.63) is 99.0 Å². The summed E-state index contributed by atoms with van der Waals surface area (Å²) >= 11 is 9.46. The number of nitrogens with one attached hydrogen (secondary N) is 2. The van der Waals surface area contributed by atoms with Crippen LogP contribution in [-0.4, -0.2) is 18.4 Å². The smallest absolute Gasteiger partial charge is 0.257 e. The lowest BCUT2D eigenvalue weighted by molar-refractivity contribution is 0.0955. The molecule has 0 heterocycles. The molecular formula is C22H18BrClN2O2. The topological polar surface area (TPSA) is 58.2 Å². The molecule has 6 heteroatoms. The summed E-state index contributed by atoms with van der Waals surface area (Å²) in [5.41, 5.74) is 2.31. The van der Waals surface area contributed by atoms with Crippen LogP contribution in [0.5, 0.6) is 0 Å². The highest BCUT2D eigenvalue weighted by Gasteiger charge is 2.16. The number of halogens is 2. The molecular weight excluding hydrogens is 440 g/mol. The number of benzene rings is 3. The Balaban J connectivity index is 1.69. The summed E-state index contributed by atoms with van der Waals surface area (Å²) in [6.45, 7) is 0.503. The standard InChI is InChI=1S/C22H18BrClN2O2/c23-16-10-11-19(24)18(14-16)22(28)26-20-9-5-4-8-17(20)21(27)25-13-12-15-6-2-1-3-7-15/h1-11,14H,12-13H2,(H,25,27)(H,26,28). The summed E-state index contributed by atoms with van der Waals surface area (Å²) in [6, 6.07) is 21.8. The van der Waals surface area contributed by atoms with Crippen molar-refractivity contribution in [3.63, 3.8) is 0 Å². The zero-order valence-corrected chi connectivity index (χ0v) is 17.3. The Labute approximate surface area is 177 Å². The molecule has 142 valence electrons. The molecule has 3 aromatic rings. The van der Waals surface area contributed by atoms with E-state index in [9.17, 15) is 9.59 Å². The van der Waals surface area contributed by atoms with Gasteiger partial charge in [0.2, 0.25) is 0 Å². The molecule has 2 N–H and O–H groups in total. The van der Waals surface area contributed by atoms with Gasteiger partial charge in [-0.15, -0.1) is 0 Å². The van der Waals surface area contributed by atoms with Gasteiger partial charge in [0.15, 0.2) is 0 Å². The van der Waals surface area contributed by atoms with Gasteiger partial charge in [-0.1, -0.05) is 70.0 Å². The molecule has 0 saturated heterocycles. The van der Waals surface area contributed by atoms with Gasteiger partial charge in [-0.25, -0.2) is 0 Å². The maximum absolute atomic E-state index is 12.6. The third-order valence-electron chi connectivity index (χ3n) is 4.13. The Morgan fingerprint density at radius 1 is 0.857 bits per heavy atom. The Hall–Kier alpha value is -2.63. The van der Waals surface area contributed by atoms with E-state index in [0.717, 1.165) is 16.5 Å². The lowest BCUT2D eigenvalue weighted by atomic mass is 10.1. The van der Waals surface area contributed by atoms with Crippen molar-refractivity contribution in [3.8, 4) is 0 Å². The predicted octanol–water partition coefficient (Wildman–Crippen LogP) is 5.33. The molecule has 0 aromatic heterocycles. The van der Waals surface area contributed by atoms with E-state index in [4.69, 9.17) is 11.6 Å². The lowest BCUT2D eigenvalue weighted by Crippen LogP contribution is -2.27. The Kier molecular flexibility index (Phi) is 6.85. The highest BCUT2D eigenvalue weighted by atomic mass is 79.9. The fraction of sp³-hybridized carbons (Fsp3) is 0.0909. The average molecular weight is 458 g/mol. The van der Waals surface area contributed by atoms with Crippen molar-refractivity contribution in [1.82, 2.24) is 5.32 Å². The maximum Gasteiger partial charge on any atom is 0.257 e. The highest BCUT2D eigenvalue weighted by molar-refractivity contribution is 9.10. The van der Waals surface area contributed by atoms with E-state index >= 15 is 0 Å². The minimum Gasteiger partial charge on any atom is -0.352 e. The number of rotatable bonds is 6. The summed E-state index contributed by atoms with van der Waals surface area (Å²) in [6.07, 6.45) is 0.731.